The van der Waals surface area contributed by atoms with Crippen LogP contribution in [0.1, 0.15) is 49.8 Å². The minimum Gasteiger partial charge on any atom is -0.481 e. The molecule has 3 N–H and O–H groups in total. The molecule has 2 aliphatic rings. The summed E-state index contributed by atoms with van der Waals surface area (Å²) in [4.78, 5) is 38.1. The molecule has 0 bridgehead atoms. The van der Waals surface area contributed by atoms with Crippen LogP contribution in [0.25, 0.3) is 11.3 Å². The second-order valence-electron chi connectivity index (χ2n) is 8.17. The SMILES string of the molecule is N#Cc1sc(NC(=O)[C@H]2CC[C@H](C(=O)O)C2)nc1-c1ccc(F)cc1.O=C(O)C1CCCC1. The van der Waals surface area contributed by atoms with Crippen LogP contribution in [0.3, 0.4) is 0 Å². The van der Waals surface area contributed by atoms with Crippen LogP contribution in [-0.4, -0.2) is 33.0 Å². The minimum absolute atomic E-state index is 0.0185. The number of thiazole rings is 1. The van der Waals surface area contributed by atoms with Crippen molar-refractivity contribution in [3.8, 4) is 17.3 Å². The van der Waals surface area contributed by atoms with Gasteiger partial charge in [0.15, 0.2) is 5.13 Å². The monoisotopic (exact) mass is 473 g/mol. The third kappa shape index (κ3) is 6.35. The van der Waals surface area contributed by atoms with Crippen LogP contribution in [0.5, 0.6) is 0 Å². The number of carbonyl (C=O) groups excluding carboxylic acids is 1. The summed E-state index contributed by atoms with van der Waals surface area (Å²) in [6.45, 7) is 0. The second-order valence-corrected chi connectivity index (χ2v) is 9.17. The van der Waals surface area contributed by atoms with Gasteiger partial charge < -0.3 is 15.5 Å². The number of halogens is 1. The molecule has 0 saturated heterocycles. The van der Waals surface area contributed by atoms with E-state index in [9.17, 15) is 24.0 Å². The first-order valence-electron chi connectivity index (χ1n) is 10.7. The van der Waals surface area contributed by atoms with Gasteiger partial charge >= 0.3 is 11.9 Å². The maximum absolute atomic E-state index is 13.0. The molecule has 0 unspecified atom stereocenters. The molecule has 1 amide bonds. The first-order chi connectivity index (χ1) is 15.8. The predicted molar refractivity (Wildman–Crippen MR) is 119 cm³/mol. The Hall–Kier alpha value is -3.32. The van der Waals surface area contributed by atoms with Crippen LogP contribution >= 0.6 is 11.3 Å². The number of carboxylic acid groups (broad SMARTS) is 2. The fourth-order valence-corrected chi connectivity index (χ4v) is 4.86. The van der Waals surface area contributed by atoms with Gasteiger partial charge in [-0.2, -0.15) is 5.26 Å². The molecule has 0 aliphatic heterocycles. The number of carbonyl (C=O) groups is 3. The Morgan fingerprint density at radius 2 is 1.61 bits per heavy atom. The highest BCUT2D eigenvalue weighted by Crippen LogP contribution is 2.34. The lowest BCUT2D eigenvalue weighted by Crippen LogP contribution is -2.21. The molecule has 174 valence electrons. The van der Waals surface area contributed by atoms with Crippen molar-refractivity contribution in [3.63, 3.8) is 0 Å². The third-order valence-corrected chi connectivity index (χ3v) is 6.81. The Morgan fingerprint density at radius 3 is 2.12 bits per heavy atom. The maximum Gasteiger partial charge on any atom is 0.306 e. The fraction of sp³-hybridized carbons (Fsp3) is 0.435. The van der Waals surface area contributed by atoms with Crippen molar-refractivity contribution in [2.45, 2.75) is 44.9 Å². The summed E-state index contributed by atoms with van der Waals surface area (Å²) in [7, 11) is 0. The van der Waals surface area contributed by atoms with E-state index >= 15 is 0 Å². The van der Waals surface area contributed by atoms with E-state index in [-0.39, 0.29) is 28.7 Å². The molecule has 0 spiro atoms. The number of nitriles is 1. The Balaban J connectivity index is 0.000000323. The molecule has 0 radical (unpaired) electrons. The highest BCUT2D eigenvalue weighted by atomic mass is 32.1. The Bertz CT molecular complexity index is 1060. The molecule has 4 rings (SSSR count). The Labute approximate surface area is 194 Å². The average molecular weight is 474 g/mol. The summed E-state index contributed by atoms with van der Waals surface area (Å²) in [5.74, 6) is -3.04. The quantitative estimate of drug-likeness (QED) is 0.580. The highest BCUT2D eigenvalue weighted by Gasteiger charge is 2.34. The smallest absolute Gasteiger partial charge is 0.306 e. The molecule has 33 heavy (non-hydrogen) atoms. The van der Waals surface area contributed by atoms with Crippen molar-refractivity contribution in [2.24, 2.45) is 17.8 Å². The van der Waals surface area contributed by atoms with Crippen molar-refractivity contribution in [1.29, 1.82) is 5.26 Å². The summed E-state index contributed by atoms with van der Waals surface area (Å²) in [6, 6.07) is 7.62. The standard InChI is InChI=1S/C17H14FN3O3S.C6H10O2/c18-12-5-3-9(4-6-12)14-13(8-19)25-17(20-14)21-15(22)10-1-2-11(7-10)16(23)24;7-6(8)5-3-1-2-4-5/h3-6,10-11H,1-2,7H2,(H,23,24)(H,20,21,22);5H,1-4H2,(H,7,8)/t10-,11-;/m0./s1. The van der Waals surface area contributed by atoms with Crippen LogP contribution in [-0.2, 0) is 14.4 Å². The summed E-state index contributed by atoms with van der Waals surface area (Å²) in [6.07, 6.45) is 5.32. The zero-order chi connectivity index (χ0) is 24.0. The molecule has 2 atom stereocenters. The van der Waals surface area contributed by atoms with Crippen molar-refractivity contribution < 1.29 is 29.0 Å². The number of rotatable bonds is 5. The van der Waals surface area contributed by atoms with Gasteiger partial charge in [-0.25, -0.2) is 9.37 Å². The van der Waals surface area contributed by atoms with Gasteiger partial charge in [-0.1, -0.05) is 24.2 Å². The lowest BCUT2D eigenvalue weighted by atomic mass is 10.0. The average Bonchev–Trinajstić information content (AvgIpc) is 3.54. The van der Waals surface area contributed by atoms with E-state index < -0.39 is 17.9 Å². The van der Waals surface area contributed by atoms with Crippen molar-refractivity contribution in [2.75, 3.05) is 5.32 Å². The van der Waals surface area contributed by atoms with E-state index in [1.54, 1.807) is 0 Å². The summed E-state index contributed by atoms with van der Waals surface area (Å²) < 4.78 is 13.0. The van der Waals surface area contributed by atoms with E-state index in [4.69, 9.17) is 10.2 Å². The number of benzene rings is 1. The van der Waals surface area contributed by atoms with Gasteiger partial charge in [0.1, 0.15) is 22.5 Å². The van der Waals surface area contributed by atoms with Crippen LogP contribution in [0.15, 0.2) is 24.3 Å². The van der Waals surface area contributed by atoms with Gasteiger partial charge in [0, 0.05) is 11.5 Å². The lowest BCUT2D eigenvalue weighted by molar-refractivity contribution is -0.142. The minimum atomic E-state index is -0.880. The van der Waals surface area contributed by atoms with Gasteiger partial charge in [-0.05, 0) is 56.4 Å². The lowest BCUT2D eigenvalue weighted by Gasteiger charge is -2.08. The Kier molecular flexibility index (Phi) is 8.11. The van der Waals surface area contributed by atoms with E-state index in [0.29, 0.717) is 35.4 Å². The number of carboxylic acids is 2. The highest BCUT2D eigenvalue weighted by molar-refractivity contribution is 7.16. The van der Waals surface area contributed by atoms with Gasteiger partial charge in [0.05, 0.1) is 11.8 Å². The molecular weight excluding hydrogens is 449 g/mol. The third-order valence-electron chi connectivity index (χ3n) is 5.93. The van der Waals surface area contributed by atoms with E-state index in [1.807, 2.05) is 6.07 Å². The van der Waals surface area contributed by atoms with Gasteiger partial charge in [0.2, 0.25) is 5.91 Å². The largest absolute Gasteiger partial charge is 0.481 e. The molecule has 2 saturated carbocycles. The molecule has 2 aliphatic carbocycles. The normalized spacial score (nSPS) is 19.9. The number of aliphatic carboxylic acids is 2. The fourth-order valence-electron chi connectivity index (χ4n) is 4.08. The van der Waals surface area contributed by atoms with Crippen LogP contribution < -0.4 is 5.32 Å². The molecule has 8 nitrogen and oxygen atoms in total. The number of nitrogens with one attached hydrogen (secondary N) is 1. The topological polar surface area (TPSA) is 140 Å². The number of hydrogen-bond acceptors (Lipinski definition) is 6. The number of aromatic nitrogens is 1. The molecule has 10 heteroatoms. The van der Waals surface area contributed by atoms with E-state index in [0.717, 1.165) is 37.0 Å². The van der Waals surface area contributed by atoms with Crippen LogP contribution in [0.4, 0.5) is 9.52 Å². The van der Waals surface area contributed by atoms with Crippen molar-refractivity contribution in [1.82, 2.24) is 4.98 Å². The van der Waals surface area contributed by atoms with Crippen molar-refractivity contribution >= 4 is 34.3 Å². The summed E-state index contributed by atoms with van der Waals surface area (Å²) in [5.41, 5.74) is 0.971. The first kappa shape index (κ1) is 24.3. The number of anilines is 1. The zero-order valence-electron chi connectivity index (χ0n) is 17.8. The predicted octanol–water partition coefficient (Wildman–Crippen LogP) is 4.52. The molecule has 1 aromatic heterocycles. The van der Waals surface area contributed by atoms with Gasteiger partial charge in [-0.15, -0.1) is 0 Å². The number of nitrogens with zero attached hydrogens (tertiary/aromatic N) is 2. The first-order valence-corrected chi connectivity index (χ1v) is 11.5. The van der Waals surface area contributed by atoms with E-state index in [2.05, 4.69) is 10.3 Å². The molecule has 2 aromatic rings. The molecule has 2 fully saturated rings. The Morgan fingerprint density at radius 1 is 1.00 bits per heavy atom. The molecule has 1 heterocycles. The zero-order valence-corrected chi connectivity index (χ0v) is 18.6. The van der Waals surface area contributed by atoms with Crippen LogP contribution in [0, 0.1) is 34.9 Å². The molecule has 1 aromatic carbocycles. The molecular formula is C23H24FN3O5S. The summed E-state index contributed by atoms with van der Waals surface area (Å²) >= 11 is 1.04. The summed E-state index contributed by atoms with van der Waals surface area (Å²) in [5, 5.41) is 29.6. The van der Waals surface area contributed by atoms with E-state index in [1.165, 1.54) is 24.3 Å². The van der Waals surface area contributed by atoms with Gasteiger partial charge in [0.25, 0.3) is 0 Å². The van der Waals surface area contributed by atoms with Crippen molar-refractivity contribution in [3.05, 3.63) is 35.0 Å². The maximum atomic E-state index is 13.0. The van der Waals surface area contributed by atoms with Crippen LogP contribution in [0.2, 0.25) is 0 Å². The number of hydrogen-bond donors (Lipinski definition) is 3. The second kappa shape index (κ2) is 11.0. The van der Waals surface area contributed by atoms with Gasteiger partial charge in [-0.3, -0.25) is 14.4 Å². The number of amides is 1.